The van der Waals surface area contributed by atoms with Gasteiger partial charge in [0.2, 0.25) is 0 Å². The Hall–Kier alpha value is -0.610. The van der Waals surface area contributed by atoms with Gasteiger partial charge in [-0.25, -0.2) is 4.98 Å². The first-order chi connectivity index (χ1) is 5.98. The normalized spacial score (nSPS) is 20.2. The molecule has 0 saturated carbocycles. The molecular weight excluding hydrogens is 184 g/mol. The molecule has 2 heterocycles. The Morgan fingerprint density at radius 2 is 2.08 bits per heavy atom. The van der Waals surface area contributed by atoms with E-state index in [9.17, 15) is 5.11 Å². The third-order valence-electron chi connectivity index (χ3n) is 2.35. The van der Waals surface area contributed by atoms with E-state index in [-0.39, 0.29) is 0 Å². The molecule has 3 nitrogen and oxygen atoms in total. The molecule has 0 spiro atoms. The highest BCUT2D eigenvalue weighted by Crippen LogP contribution is 2.31. The van der Waals surface area contributed by atoms with E-state index in [4.69, 9.17) is 0 Å². The summed E-state index contributed by atoms with van der Waals surface area (Å²) in [7, 11) is 0. The van der Waals surface area contributed by atoms with Crippen molar-refractivity contribution in [3.8, 4) is 0 Å². The van der Waals surface area contributed by atoms with Crippen molar-refractivity contribution in [1.82, 2.24) is 4.98 Å². The minimum Gasteiger partial charge on any atom is -0.386 e. The number of anilines is 1. The number of rotatable bonds is 1. The number of β-amino-alcohol motifs (C(OH)–C–C–N with tert-alkyl or cyclic N) is 1. The molecule has 0 aromatic carbocycles. The van der Waals surface area contributed by atoms with Gasteiger partial charge in [-0.2, -0.15) is 0 Å². The number of hydrogen-bond donors (Lipinski definition) is 1. The second-order valence-electron chi connectivity index (χ2n) is 3.99. The molecule has 1 fully saturated rings. The topological polar surface area (TPSA) is 36.4 Å². The van der Waals surface area contributed by atoms with Crippen molar-refractivity contribution >= 4 is 16.5 Å². The maximum Gasteiger partial charge on any atom is 0.185 e. The standard InChI is InChI=1S/C9H14N2OS/c1-6-7(2)13-8(10-6)11-4-9(3,12)5-11/h12H,4-5H2,1-3H3. The van der Waals surface area contributed by atoms with Crippen molar-refractivity contribution < 1.29 is 5.11 Å². The molecule has 2 rings (SSSR count). The summed E-state index contributed by atoms with van der Waals surface area (Å²) < 4.78 is 0. The molecule has 1 N–H and O–H groups in total. The summed E-state index contributed by atoms with van der Waals surface area (Å²) in [5.41, 5.74) is 0.597. The largest absolute Gasteiger partial charge is 0.386 e. The number of aryl methyl sites for hydroxylation is 2. The van der Waals surface area contributed by atoms with Crippen LogP contribution in [-0.2, 0) is 0 Å². The van der Waals surface area contributed by atoms with Crippen molar-refractivity contribution in [3.63, 3.8) is 0 Å². The molecule has 72 valence electrons. The van der Waals surface area contributed by atoms with Crippen LogP contribution in [0.25, 0.3) is 0 Å². The van der Waals surface area contributed by atoms with Gasteiger partial charge in [-0.1, -0.05) is 0 Å². The Kier molecular flexibility index (Phi) is 1.85. The lowest BCUT2D eigenvalue weighted by atomic mass is 9.98. The predicted molar refractivity (Wildman–Crippen MR) is 54.4 cm³/mol. The Balaban J connectivity index is 2.12. The minimum atomic E-state index is -0.506. The van der Waals surface area contributed by atoms with Crippen LogP contribution in [0, 0.1) is 13.8 Å². The first kappa shape index (κ1) is 8.97. The van der Waals surface area contributed by atoms with E-state index in [1.165, 1.54) is 4.88 Å². The summed E-state index contributed by atoms with van der Waals surface area (Å²) in [5.74, 6) is 0. The van der Waals surface area contributed by atoms with Gasteiger partial charge in [0.25, 0.3) is 0 Å². The zero-order valence-electron chi connectivity index (χ0n) is 8.16. The van der Waals surface area contributed by atoms with Crippen LogP contribution in [0.3, 0.4) is 0 Å². The maximum absolute atomic E-state index is 9.56. The molecule has 1 saturated heterocycles. The Morgan fingerprint density at radius 3 is 2.46 bits per heavy atom. The van der Waals surface area contributed by atoms with E-state index in [0.29, 0.717) is 13.1 Å². The van der Waals surface area contributed by atoms with Gasteiger partial charge < -0.3 is 10.0 Å². The summed E-state index contributed by atoms with van der Waals surface area (Å²) in [6.45, 7) is 7.37. The predicted octanol–water partition coefficient (Wildman–Crippen LogP) is 1.33. The highest BCUT2D eigenvalue weighted by molar-refractivity contribution is 7.15. The second-order valence-corrected chi connectivity index (χ2v) is 5.17. The third-order valence-corrected chi connectivity index (χ3v) is 3.48. The molecule has 1 aliphatic rings. The third kappa shape index (κ3) is 1.56. The molecule has 0 aliphatic carbocycles. The lowest BCUT2D eigenvalue weighted by Gasteiger charge is -2.44. The number of aliphatic hydroxyl groups is 1. The molecule has 1 aliphatic heterocycles. The van der Waals surface area contributed by atoms with Gasteiger partial charge in [-0.15, -0.1) is 11.3 Å². The SMILES string of the molecule is Cc1nc(N2CC(C)(O)C2)sc1C. The highest BCUT2D eigenvalue weighted by atomic mass is 32.1. The number of hydrogen-bond acceptors (Lipinski definition) is 4. The quantitative estimate of drug-likeness (QED) is 0.739. The summed E-state index contributed by atoms with van der Waals surface area (Å²) >= 11 is 1.70. The van der Waals surface area contributed by atoms with E-state index in [1.54, 1.807) is 11.3 Å². The molecular formula is C9H14N2OS. The van der Waals surface area contributed by atoms with E-state index < -0.39 is 5.60 Å². The van der Waals surface area contributed by atoms with Crippen LogP contribution in [0.1, 0.15) is 17.5 Å². The van der Waals surface area contributed by atoms with Crippen LogP contribution in [-0.4, -0.2) is 28.8 Å². The average Bonchev–Trinajstić information content (AvgIpc) is 2.27. The van der Waals surface area contributed by atoms with Crippen molar-refractivity contribution in [2.24, 2.45) is 0 Å². The molecule has 4 heteroatoms. The molecule has 0 bridgehead atoms. The van der Waals surface area contributed by atoms with Crippen LogP contribution in [0.5, 0.6) is 0 Å². The highest BCUT2D eigenvalue weighted by Gasteiger charge is 2.37. The van der Waals surface area contributed by atoms with Crippen LogP contribution < -0.4 is 4.90 Å². The zero-order valence-corrected chi connectivity index (χ0v) is 8.98. The molecule has 0 atom stereocenters. The molecule has 0 amide bonds. The lowest BCUT2D eigenvalue weighted by Crippen LogP contribution is -2.60. The van der Waals surface area contributed by atoms with Gasteiger partial charge in [-0.3, -0.25) is 0 Å². The summed E-state index contributed by atoms with van der Waals surface area (Å²) in [6, 6.07) is 0. The monoisotopic (exact) mass is 198 g/mol. The first-order valence-corrected chi connectivity index (χ1v) is 5.21. The summed E-state index contributed by atoms with van der Waals surface area (Å²) in [5, 5.41) is 10.6. The lowest BCUT2D eigenvalue weighted by molar-refractivity contribution is 0.0310. The molecule has 0 radical (unpaired) electrons. The first-order valence-electron chi connectivity index (χ1n) is 4.39. The van der Waals surface area contributed by atoms with Gasteiger partial charge in [0.15, 0.2) is 5.13 Å². The fourth-order valence-electron chi connectivity index (χ4n) is 1.50. The molecule has 0 unspecified atom stereocenters. The Morgan fingerprint density at radius 1 is 1.46 bits per heavy atom. The van der Waals surface area contributed by atoms with Crippen LogP contribution >= 0.6 is 11.3 Å². The smallest absolute Gasteiger partial charge is 0.185 e. The summed E-state index contributed by atoms with van der Waals surface area (Å²) in [6.07, 6.45) is 0. The summed E-state index contributed by atoms with van der Waals surface area (Å²) in [4.78, 5) is 7.81. The van der Waals surface area contributed by atoms with E-state index in [0.717, 1.165) is 10.8 Å². The van der Waals surface area contributed by atoms with Crippen molar-refractivity contribution in [3.05, 3.63) is 10.6 Å². The van der Waals surface area contributed by atoms with Gasteiger partial charge in [0.1, 0.15) is 0 Å². The van der Waals surface area contributed by atoms with Gasteiger partial charge >= 0.3 is 0 Å². The van der Waals surface area contributed by atoms with Crippen LogP contribution in [0.2, 0.25) is 0 Å². The Bertz CT molecular complexity index is 305. The van der Waals surface area contributed by atoms with E-state index in [1.807, 2.05) is 13.8 Å². The number of aromatic nitrogens is 1. The molecule has 1 aromatic heterocycles. The number of nitrogens with zero attached hydrogens (tertiary/aromatic N) is 2. The number of thiazole rings is 1. The second kappa shape index (κ2) is 2.69. The zero-order chi connectivity index (χ0) is 9.64. The van der Waals surface area contributed by atoms with Gasteiger partial charge in [0.05, 0.1) is 24.4 Å². The fourth-order valence-corrected chi connectivity index (χ4v) is 2.41. The van der Waals surface area contributed by atoms with Crippen molar-refractivity contribution in [2.75, 3.05) is 18.0 Å². The Labute approximate surface area is 82.0 Å². The molecule has 1 aromatic rings. The minimum absolute atomic E-state index is 0.506. The van der Waals surface area contributed by atoms with Gasteiger partial charge in [-0.05, 0) is 20.8 Å². The van der Waals surface area contributed by atoms with Crippen LogP contribution in [0.15, 0.2) is 0 Å². The van der Waals surface area contributed by atoms with Crippen molar-refractivity contribution in [2.45, 2.75) is 26.4 Å². The van der Waals surface area contributed by atoms with E-state index in [2.05, 4.69) is 16.8 Å². The van der Waals surface area contributed by atoms with Crippen molar-refractivity contribution in [1.29, 1.82) is 0 Å². The van der Waals surface area contributed by atoms with E-state index >= 15 is 0 Å². The maximum atomic E-state index is 9.56. The fraction of sp³-hybridized carbons (Fsp3) is 0.667. The molecule has 13 heavy (non-hydrogen) atoms. The van der Waals surface area contributed by atoms with Gasteiger partial charge in [0, 0.05) is 4.88 Å². The average molecular weight is 198 g/mol. The van der Waals surface area contributed by atoms with Crippen LogP contribution in [0.4, 0.5) is 5.13 Å².